The maximum Gasteiger partial charge on any atom is 0.0543 e. The van der Waals surface area contributed by atoms with E-state index in [2.05, 4.69) is 158 Å². The highest BCUT2D eigenvalue weighted by Gasteiger charge is 2.57. The van der Waals surface area contributed by atoms with Crippen LogP contribution in [0.25, 0.3) is 27.8 Å². The molecule has 48 heavy (non-hydrogen) atoms. The van der Waals surface area contributed by atoms with Gasteiger partial charge in [0.1, 0.15) is 0 Å². The standard InChI is InChI=1S/C47H45N/c1-32-28-34-30-33(2)47(39(29-32)31-34)43-17-10-9-16-42(43)46-44(47)18-11-19-45(46)48(40-14-7-4-8-15-40)41-26-24-38(25-27-41)37-22-20-36(21-23-37)35-12-5-3-6-13-35/h3-9,11-16,18-27,32-34,39H,10,17,28-31H2,1-2H3. The molecule has 5 atom stereocenters. The Kier molecular flexibility index (Phi) is 7.26. The zero-order valence-electron chi connectivity index (χ0n) is 28.3. The molecule has 5 aromatic rings. The van der Waals surface area contributed by atoms with E-state index in [0.717, 1.165) is 17.8 Å². The van der Waals surface area contributed by atoms with Gasteiger partial charge in [-0.1, -0.05) is 129 Å². The van der Waals surface area contributed by atoms with Gasteiger partial charge in [-0.3, -0.25) is 0 Å². The Morgan fingerprint density at radius 2 is 1.21 bits per heavy atom. The topological polar surface area (TPSA) is 3.24 Å². The van der Waals surface area contributed by atoms with E-state index in [1.165, 1.54) is 89.0 Å². The Morgan fingerprint density at radius 3 is 1.92 bits per heavy atom. The summed E-state index contributed by atoms with van der Waals surface area (Å²) in [7, 11) is 0. The number of allylic oxidation sites excluding steroid dienone is 4. The van der Waals surface area contributed by atoms with Crippen molar-refractivity contribution < 1.29 is 0 Å². The first kappa shape index (κ1) is 29.5. The largest absolute Gasteiger partial charge is 0.310 e. The molecular weight excluding hydrogens is 579 g/mol. The molecule has 1 spiro atoms. The Bertz CT molecular complexity index is 2000. The fourth-order valence-corrected chi connectivity index (χ4v) is 10.6. The second-order valence-electron chi connectivity index (χ2n) is 15.1. The predicted molar refractivity (Wildman–Crippen MR) is 203 cm³/mol. The average molecular weight is 624 g/mol. The number of para-hydroxylation sites is 1. The van der Waals surface area contributed by atoms with E-state index in [-0.39, 0.29) is 5.41 Å². The molecule has 0 aliphatic heterocycles. The minimum Gasteiger partial charge on any atom is -0.310 e. The van der Waals surface area contributed by atoms with Crippen molar-refractivity contribution in [3.8, 4) is 22.3 Å². The van der Waals surface area contributed by atoms with E-state index in [4.69, 9.17) is 0 Å². The van der Waals surface area contributed by atoms with Crippen LogP contribution in [0.2, 0.25) is 0 Å². The molecule has 1 nitrogen and oxygen atoms in total. The lowest BCUT2D eigenvalue weighted by Crippen LogP contribution is -2.50. The molecule has 0 aromatic heterocycles. The van der Waals surface area contributed by atoms with Crippen molar-refractivity contribution in [2.45, 2.75) is 57.8 Å². The quantitative estimate of drug-likeness (QED) is 0.188. The van der Waals surface area contributed by atoms with Crippen molar-refractivity contribution in [3.05, 3.63) is 156 Å². The summed E-state index contributed by atoms with van der Waals surface area (Å²) in [5, 5.41) is 0. The third-order valence-corrected chi connectivity index (χ3v) is 12.3. The lowest BCUT2D eigenvalue weighted by Gasteiger charge is -2.55. The Morgan fingerprint density at radius 1 is 0.583 bits per heavy atom. The molecule has 2 saturated carbocycles. The van der Waals surface area contributed by atoms with Gasteiger partial charge in [0, 0.05) is 22.4 Å². The molecule has 4 aliphatic rings. The molecule has 0 N–H and O–H groups in total. The van der Waals surface area contributed by atoms with Gasteiger partial charge in [0.15, 0.2) is 0 Å². The second-order valence-corrected chi connectivity index (χ2v) is 15.1. The number of rotatable bonds is 5. The molecule has 4 aliphatic carbocycles. The Hall–Kier alpha value is -4.62. The van der Waals surface area contributed by atoms with Crippen molar-refractivity contribution in [1.29, 1.82) is 0 Å². The zero-order chi connectivity index (χ0) is 32.2. The smallest absolute Gasteiger partial charge is 0.0543 e. The number of benzene rings is 5. The molecular formula is C47H45N. The number of hydrogen-bond acceptors (Lipinski definition) is 1. The number of nitrogens with zero attached hydrogens (tertiary/aromatic N) is 1. The molecule has 0 amide bonds. The lowest BCUT2D eigenvalue weighted by molar-refractivity contribution is 0.0381. The van der Waals surface area contributed by atoms with Crippen LogP contribution in [0.1, 0.15) is 63.5 Å². The van der Waals surface area contributed by atoms with Gasteiger partial charge >= 0.3 is 0 Å². The van der Waals surface area contributed by atoms with E-state index < -0.39 is 0 Å². The fraction of sp³-hybridized carbons (Fsp3) is 0.277. The third-order valence-electron chi connectivity index (χ3n) is 12.3. The maximum atomic E-state index is 2.60. The van der Waals surface area contributed by atoms with Crippen molar-refractivity contribution in [3.63, 3.8) is 0 Å². The monoisotopic (exact) mass is 623 g/mol. The van der Waals surface area contributed by atoms with Gasteiger partial charge < -0.3 is 4.90 Å². The van der Waals surface area contributed by atoms with Crippen LogP contribution in [0, 0.1) is 23.7 Å². The van der Waals surface area contributed by atoms with E-state index in [1.54, 1.807) is 11.1 Å². The summed E-state index contributed by atoms with van der Waals surface area (Å²) in [6.07, 6.45) is 12.8. The Labute approximate surface area is 286 Å². The highest BCUT2D eigenvalue weighted by Crippen LogP contribution is 2.66. The molecule has 238 valence electrons. The van der Waals surface area contributed by atoms with E-state index in [1.807, 2.05) is 0 Å². The van der Waals surface area contributed by atoms with Crippen molar-refractivity contribution in [2.24, 2.45) is 23.7 Å². The zero-order valence-corrected chi connectivity index (χ0v) is 28.3. The molecule has 0 radical (unpaired) electrons. The summed E-state index contributed by atoms with van der Waals surface area (Å²) >= 11 is 0. The Balaban J connectivity index is 1.16. The molecule has 0 heterocycles. The van der Waals surface area contributed by atoms with Crippen LogP contribution in [0.4, 0.5) is 17.1 Å². The summed E-state index contributed by atoms with van der Waals surface area (Å²) in [5.41, 5.74) is 15.2. The molecule has 9 rings (SSSR count). The molecule has 1 heteroatoms. The summed E-state index contributed by atoms with van der Waals surface area (Å²) in [5.74, 6) is 3.12. The van der Waals surface area contributed by atoms with Crippen LogP contribution in [-0.2, 0) is 5.41 Å². The summed E-state index contributed by atoms with van der Waals surface area (Å²) in [4.78, 5) is 2.52. The number of hydrogen-bond donors (Lipinski definition) is 0. The van der Waals surface area contributed by atoms with Gasteiger partial charge in [0.05, 0.1) is 5.69 Å². The van der Waals surface area contributed by atoms with Gasteiger partial charge in [0.2, 0.25) is 0 Å². The molecule has 2 fully saturated rings. The minimum atomic E-state index is 0.161. The first-order chi connectivity index (χ1) is 23.6. The molecule has 5 aromatic carbocycles. The normalized spacial score (nSPS) is 25.5. The predicted octanol–water partition coefficient (Wildman–Crippen LogP) is 12.9. The summed E-state index contributed by atoms with van der Waals surface area (Å²) in [6, 6.07) is 47.1. The van der Waals surface area contributed by atoms with Crippen molar-refractivity contribution >= 4 is 22.6 Å². The SMILES string of the molecule is CC1CC2CC(C)C3(C4=C(C=CCC4)c4c(N(c5ccccc5)c5ccc(-c6ccc(-c7ccccc7)cc6)cc5)cccc43)C(C1)C2. The first-order valence-electron chi connectivity index (χ1n) is 18.3. The van der Waals surface area contributed by atoms with Crippen molar-refractivity contribution in [2.75, 3.05) is 4.90 Å². The van der Waals surface area contributed by atoms with E-state index in [0.29, 0.717) is 5.92 Å². The van der Waals surface area contributed by atoms with Crippen LogP contribution in [-0.4, -0.2) is 0 Å². The van der Waals surface area contributed by atoms with Crippen LogP contribution >= 0.6 is 0 Å². The summed E-state index contributed by atoms with van der Waals surface area (Å²) < 4.78 is 0. The van der Waals surface area contributed by atoms with E-state index in [9.17, 15) is 0 Å². The number of fused-ring (bicyclic) bond motifs is 7. The van der Waals surface area contributed by atoms with Gasteiger partial charge in [0.25, 0.3) is 0 Å². The van der Waals surface area contributed by atoms with Gasteiger partial charge in [-0.25, -0.2) is 0 Å². The second kappa shape index (κ2) is 11.8. The lowest BCUT2D eigenvalue weighted by atomic mass is 9.48. The molecule has 2 bridgehead atoms. The molecule has 0 saturated heterocycles. The van der Waals surface area contributed by atoms with Gasteiger partial charge in [-0.2, -0.15) is 0 Å². The highest BCUT2D eigenvalue weighted by molar-refractivity contribution is 5.96. The molecule has 5 unspecified atom stereocenters. The number of anilines is 3. The van der Waals surface area contributed by atoms with E-state index >= 15 is 0 Å². The van der Waals surface area contributed by atoms with Gasteiger partial charge in [-0.15, -0.1) is 0 Å². The fourth-order valence-electron chi connectivity index (χ4n) is 10.6. The van der Waals surface area contributed by atoms with Crippen molar-refractivity contribution in [1.82, 2.24) is 0 Å². The van der Waals surface area contributed by atoms with Gasteiger partial charge in [-0.05, 0) is 126 Å². The maximum absolute atomic E-state index is 2.60. The first-order valence-corrected chi connectivity index (χ1v) is 18.3. The van der Waals surface area contributed by atoms with Crippen LogP contribution in [0.15, 0.2) is 145 Å². The van der Waals surface area contributed by atoms with Crippen LogP contribution in [0.3, 0.4) is 0 Å². The minimum absolute atomic E-state index is 0.161. The average Bonchev–Trinajstić information content (AvgIpc) is 3.44. The van der Waals surface area contributed by atoms with Crippen LogP contribution in [0.5, 0.6) is 0 Å². The third kappa shape index (κ3) is 4.66. The van der Waals surface area contributed by atoms with Crippen LogP contribution < -0.4 is 4.90 Å². The highest BCUT2D eigenvalue weighted by atomic mass is 15.1. The summed E-state index contributed by atoms with van der Waals surface area (Å²) in [6.45, 7) is 5.11.